The van der Waals surface area contributed by atoms with Gasteiger partial charge in [0.15, 0.2) is 0 Å². The van der Waals surface area contributed by atoms with E-state index in [1.807, 2.05) is 11.8 Å². The molecular weight excluding hydrogens is 443 g/mol. The molecular formula is C21H27FN2O3S3. The molecule has 3 rings (SSSR count). The van der Waals surface area contributed by atoms with Gasteiger partial charge in [-0.1, -0.05) is 25.3 Å². The highest BCUT2D eigenvalue weighted by Crippen LogP contribution is 2.28. The normalized spacial score (nSPS) is 15.1. The topological polar surface area (TPSA) is 66.5 Å². The zero-order chi connectivity index (χ0) is 21.4. The molecule has 9 heteroatoms. The molecule has 0 bridgehead atoms. The molecule has 1 amide bonds. The standard InChI is InChI=1S/C21H27FN2O3S3/c22-17-9-11-18(12-10-17)24(30(26,27)21-8-4-14-29-21)16-20(25)23-13-5-15-28-19-6-2-1-3-7-19/h4,8-12,14,19H,1-3,5-7,13,15-16H2,(H,23,25). The van der Waals surface area contributed by atoms with Gasteiger partial charge in [0.25, 0.3) is 10.0 Å². The zero-order valence-corrected chi connectivity index (χ0v) is 19.2. The van der Waals surface area contributed by atoms with E-state index in [0.29, 0.717) is 6.54 Å². The largest absolute Gasteiger partial charge is 0.354 e. The summed E-state index contributed by atoms with van der Waals surface area (Å²) in [5.41, 5.74) is 0.257. The number of carbonyl (C=O) groups is 1. The van der Waals surface area contributed by atoms with Crippen LogP contribution in [0, 0.1) is 5.82 Å². The number of thioether (sulfide) groups is 1. The highest BCUT2D eigenvalue weighted by atomic mass is 32.2. The molecule has 0 atom stereocenters. The maximum absolute atomic E-state index is 13.3. The Bertz CT molecular complexity index is 896. The third-order valence-corrected chi connectivity index (χ3v) is 9.60. The molecule has 164 valence electrons. The highest BCUT2D eigenvalue weighted by molar-refractivity contribution is 7.99. The first-order chi connectivity index (χ1) is 14.5. The summed E-state index contributed by atoms with van der Waals surface area (Å²) in [6.45, 7) is 0.163. The molecule has 1 aliphatic carbocycles. The van der Waals surface area contributed by atoms with E-state index < -0.39 is 15.8 Å². The molecule has 0 radical (unpaired) electrons. The van der Waals surface area contributed by atoms with Crippen molar-refractivity contribution >= 4 is 44.7 Å². The molecule has 5 nitrogen and oxygen atoms in total. The van der Waals surface area contributed by atoms with Gasteiger partial charge in [0.2, 0.25) is 5.91 Å². The van der Waals surface area contributed by atoms with Crippen molar-refractivity contribution in [2.24, 2.45) is 0 Å². The molecule has 1 aromatic carbocycles. The maximum atomic E-state index is 13.3. The fourth-order valence-corrected chi connectivity index (χ4v) is 7.25. The number of halogens is 1. The lowest BCUT2D eigenvalue weighted by molar-refractivity contribution is -0.119. The van der Waals surface area contributed by atoms with Crippen molar-refractivity contribution in [3.05, 3.63) is 47.6 Å². The van der Waals surface area contributed by atoms with E-state index in [2.05, 4.69) is 5.32 Å². The minimum absolute atomic E-state index is 0.142. The minimum atomic E-state index is -3.90. The fraction of sp³-hybridized carbons (Fsp3) is 0.476. The summed E-state index contributed by atoms with van der Waals surface area (Å²) in [4.78, 5) is 12.5. The summed E-state index contributed by atoms with van der Waals surface area (Å²) in [5, 5.41) is 5.22. The number of hydrogen-bond acceptors (Lipinski definition) is 5. The molecule has 1 saturated carbocycles. The second kappa shape index (κ2) is 11.2. The summed E-state index contributed by atoms with van der Waals surface area (Å²) < 4.78 is 40.5. The van der Waals surface area contributed by atoms with Crippen LogP contribution in [0.1, 0.15) is 38.5 Å². The number of amides is 1. The van der Waals surface area contributed by atoms with Crippen molar-refractivity contribution in [1.29, 1.82) is 0 Å². The second-order valence-corrected chi connectivity index (χ2v) is 11.7. The first-order valence-electron chi connectivity index (χ1n) is 10.2. The SMILES string of the molecule is O=C(CN(c1ccc(F)cc1)S(=O)(=O)c1cccs1)NCCCSC1CCCCC1. The van der Waals surface area contributed by atoms with Gasteiger partial charge in [-0.05, 0) is 60.7 Å². The van der Waals surface area contributed by atoms with Crippen LogP contribution < -0.4 is 9.62 Å². The third-order valence-electron chi connectivity index (χ3n) is 4.99. The number of thiophene rings is 1. The molecule has 1 aromatic heterocycles. The number of nitrogens with one attached hydrogen (secondary N) is 1. The lowest BCUT2D eigenvalue weighted by Gasteiger charge is -2.23. The van der Waals surface area contributed by atoms with Crippen molar-refractivity contribution < 1.29 is 17.6 Å². The van der Waals surface area contributed by atoms with Gasteiger partial charge in [0, 0.05) is 11.8 Å². The van der Waals surface area contributed by atoms with Gasteiger partial charge in [-0.25, -0.2) is 12.8 Å². The predicted octanol–water partition coefficient (Wildman–Crippen LogP) is 4.65. The van der Waals surface area contributed by atoms with Crippen LogP contribution in [-0.4, -0.2) is 38.4 Å². The highest BCUT2D eigenvalue weighted by Gasteiger charge is 2.28. The number of anilines is 1. The Labute approximate surface area is 186 Å². The van der Waals surface area contributed by atoms with Crippen molar-refractivity contribution in [3.63, 3.8) is 0 Å². The Morgan fingerprint density at radius 2 is 1.90 bits per heavy atom. The first kappa shape index (κ1) is 23.1. The van der Waals surface area contributed by atoms with E-state index in [-0.39, 0.29) is 22.3 Å². The van der Waals surface area contributed by atoms with Crippen LogP contribution in [-0.2, 0) is 14.8 Å². The Morgan fingerprint density at radius 1 is 1.17 bits per heavy atom. The van der Waals surface area contributed by atoms with E-state index in [1.165, 1.54) is 62.4 Å². The van der Waals surface area contributed by atoms with E-state index in [0.717, 1.165) is 33.1 Å². The van der Waals surface area contributed by atoms with Gasteiger partial charge < -0.3 is 5.32 Å². The van der Waals surface area contributed by atoms with E-state index in [4.69, 9.17) is 0 Å². The number of carbonyl (C=O) groups excluding carboxylic acids is 1. The molecule has 0 spiro atoms. The first-order valence-corrected chi connectivity index (χ1v) is 13.5. The maximum Gasteiger partial charge on any atom is 0.274 e. The molecule has 1 N–H and O–H groups in total. The lowest BCUT2D eigenvalue weighted by Crippen LogP contribution is -2.41. The van der Waals surface area contributed by atoms with E-state index in [9.17, 15) is 17.6 Å². The molecule has 30 heavy (non-hydrogen) atoms. The summed E-state index contributed by atoms with van der Waals surface area (Å²) in [7, 11) is -3.90. The quantitative estimate of drug-likeness (QED) is 0.513. The van der Waals surface area contributed by atoms with Crippen molar-refractivity contribution in [1.82, 2.24) is 5.32 Å². The van der Waals surface area contributed by atoms with Crippen LogP contribution >= 0.6 is 23.1 Å². The monoisotopic (exact) mass is 470 g/mol. The van der Waals surface area contributed by atoms with Crippen LogP contribution in [0.15, 0.2) is 46.0 Å². The zero-order valence-electron chi connectivity index (χ0n) is 16.8. The molecule has 0 saturated heterocycles. The molecule has 1 aliphatic rings. The Balaban J connectivity index is 1.56. The summed E-state index contributed by atoms with van der Waals surface area (Å²) in [6.07, 6.45) is 7.38. The van der Waals surface area contributed by atoms with Crippen LogP contribution in [0.4, 0.5) is 10.1 Å². The van der Waals surface area contributed by atoms with Gasteiger partial charge in [0.1, 0.15) is 16.6 Å². The Morgan fingerprint density at radius 3 is 2.57 bits per heavy atom. The van der Waals surface area contributed by atoms with Gasteiger partial charge in [0.05, 0.1) is 5.69 Å². The van der Waals surface area contributed by atoms with Gasteiger partial charge in [-0.15, -0.1) is 11.3 Å². The number of sulfonamides is 1. The molecule has 0 aliphatic heterocycles. The molecule has 1 heterocycles. The fourth-order valence-electron chi connectivity index (χ4n) is 3.41. The van der Waals surface area contributed by atoms with Gasteiger partial charge >= 0.3 is 0 Å². The number of hydrogen-bond donors (Lipinski definition) is 1. The molecule has 1 fully saturated rings. The predicted molar refractivity (Wildman–Crippen MR) is 122 cm³/mol. The van der Waals surface area contributed by atoms with Gasteiger partial charge in [-0.3, -0.25) is 9.10 Å². The van der Waals surface area contributed by atoms with E-state index >= 15 is 0 Å². The molecule has 0 unspecified atom stereocenters. The average molecular weight is 471 g/mol. The van der Waals surface area contributed by atoms with Crippen molar-refractivity contribution in [2.45, 2.75) is 48.0 Å². The smallest absolute Gasteiger partial charge is 0.274 e. The minimum Gasteiger partial charge on any atom is -0.354 e. The summed E-state index contributed by atoms with van der Waals surface area (Å²) in [6, 6.07) is 8.25. The number of benzene rings is 1. The Hall–Kier alpha value is -1.58. The number of rotatable bonds is 10. The van der Waals surface area contributed by atoms with Crippen molar-refractivity contribution in [3.8, 4) is 0 Å². The lowest BCUT2D eigenvalue weighted by atomic mass is 10.0. The van der Waals surface area contributed by atoms with Crippen LogP contribution in [0.3, 0.4) is 0 Å². The average Bonchev–Trinajstić information content (AvgIpc) is 3.29. The second-order valence-electron chi connectivity index (χ2n) is 7.25. The molecule has 2 aromatic rings. The van der Waals surface area contributed by atoms with Crippen LogP contribution in [0.25, 0.3) is 0 Å². The van der Waals surface area contributed by atoms with Crippen LogP contribution in [0.5, 0.6) is 0 Å². The Kier molecular flexibility index (Phi) is 8.59. The van der Waals surface area contributed by atoms with Gasteiger partial charge in [-0.2, -0.15) is 11.8 Å². The van der Waals surface area contributed by atoms with Crippen molar-refractivity contribution in [2.75, 3.05) is 23.1 Å². The summed E-state index contributed by atoms with van der Waals surface area (Å²) >= 11 is 3.05. The van der Waals surface area contributed by atoms with E-state index in [1.54, 1.807) is 11.4 Å². The third kappa shape index (κ3) is 6.46. The summed E-state index contributed by atoms with van der Waals surface area (Å²) in [5.74, 6) is 0.148. The van der Waals surface area contributed by atoms with Crippen LogP contribution in [0.2, 0.25) is 0 Å². The number of nitrogens with zero attached hydrogens (tertiary/aromatic N) is 1.